The Hall–Kier alpha value is -2.86. The van der Waals surface area contributed by atoms with Crippen LogP contribution in [0.4, 0.5) is 0 Å². The van der Waals surface area contributed by atoms with Crippen molar-refractivity contribution < 1.29 is 19.1 Å². The van der Waals surface area contributed by atoms with Crippen LogP contribution >= 0.6 is 0 Å². The molecule has 0 aromatic heterocycles. The number of hydrogen-bond donors (Lipinski definition) is 0. The summed E-state index contributed by atoms with van der Waals surface area (Å²) < 4.78 is 10.8. The van der Waals surface area contributed by atoms with E-state index in [0.717, 1.165) is 29.7 Å². The van der Waals surface area contributed by atoms with Gasteiger partial charge in [-0.05, 0) is 48.2 Å². The first-order chi connectivity index (χ1) is 14.2. The minimum atomic E-state index is -0.290. The molecule has 2 aromatic rings. The molecular weight excluding hydrogens is 368 g/mol. The lowest BCUT2D eigenvalue weighted by molar-refractivity contribution is -0.142. The SMILES string of the molecule is COc1cccc(-c2ccc(C(=O)N3CCN(C(=O)[C@@H]4CCCO4)CC3)cc2)c1. The number of carbonyl (C=O) groups excluding carboxylic acids is 2. The normalized spacial score (nSPS) is 19.3. The topological polar surface area (TPSA) is 59.1 Å². The van der Waals surface area contributed by atoms with Crippen molar-refractivity contribution >= 4 is 11.8 Å². The van der Waals surface area contributed by atoms with E-state index in [1.807, 2.05) is 58.3 Å². The van der Waals surface area contributed by atoms with Crippen molar-refractivity contribution in [3.8, 4) is 16.9 Å². The van der Waals surface area contributed by atoms with Gasteiger partial charge in [-0.25, -0.2) is 0 Å². The van der Waals surface area contributed by atoms with Gasteiger partial charge in [0.25, 0.3) is 11.8 Å². The maximum atomic E-state index is 12.9. The summed E-state index contributed by atoms with van der Waals surface area (Å²) >= 11 is 0. The fraction of sp³-hybridized carbons (Fsp3) is 0.391. The zero-order valence-corrected chi connectivity index (χ0v) is 16.7. The molecule has 2 aliphatic rings. The van der Waals surface area contributed by atoms with Crippen molar-refractivity contribution in [3.63, 3.8) is 0 Å². The number of carbonyl (C=O) groups is 2. The molecule has 6 nitrogen and oxygen atoms in total. The Morgan fingerprint density at radius 3 is 2.34 bits per heavy atom. The van der Waals surface area contributed by atoms with Gasteiger partial charge in [0.1, 0.15) is 11.9 Å². The van der Waals surface area contributed by atoms with E-state index in [2.05, 4.69) is 0 Å². The number of ether oxygens (including phenoxy) is 2. The van der Waals surface area contributed by atoms with Crippen LogP contribution in [0.25, 0.3) is 11.1 Å². The summed E-state index contributed by atoms with van der Waals surface area (Å²) in [5.41, 5.74) is 2.74. The summed E-state index contributed by atoms with van der Waals surface area (Å²) in [6.45, 7) is 2.89. The summed E-state index contributed by atoms with van der Waals surface area (Å²) in [5, 5.41) is 0. The van der Waals surface area contributed by atoms with Crippen molar-refractivity contribution in [2.45, 2.75) is 18.9 Å². The summed E-state index contributed by atoms with van der Waals surface area (Å²) in [6, 6.07) is 15.5. The Morgan fingerprint density at radius 2 is 1.69 bits per heavy atom. The second-order valence-corrected chi connectivity index (χ2v) is 7.43. The van der Waals surface area contributed by atoms with Crippen LogP contribution in [-0.4, -0.2) is 67.6 Å². The third-order valence-electron chi connectivity index (χ3n) is 5.62. The molecule has 0 radical (unpaired) electrons. The number of methoxy groups -OCH3 is 1. The smallest absolute Gasteiger partial charge is 0.253 e. The number of nitrogens with zero attached hydrogens (tertiary/aromatic N) is 2. The summed E-state index contributed by atoms with van der Waals surface area (Å²) in [4.78, 5) is 29.0. The van der Waals surface area contributed by atoms with Crippen molar-refractivity contribution in [1.82, 2.24) is 9.80 Å². The molecule has 2 aromatic carbocycles. The second-order valence-electron chi connectivity index (χ2n) is 7.43. The first-order valence-corrected chi connectivity index (χ1v) is 10.1. The van der Waals surface area contributed by atoms with E-state index in [0.29, 0.717) is 38.3 Å². The van der Waals surface area contributed by atoms with Crippen molar-refractivity contribution in [2.24, 2.45) is 0 Å². The van der Waals surface area contributed by atoms with Crippen molar-refractivity contribution in [3.05, 3.63) is 54.1 Å². The molecule has 2 saturated heterocycles. The summed E-state index contributed by atoms with van der Waals surface area (Å²) in [5.74, 6) is 0.877. The molecule has 2 amide bonds. The lowest BCUT2D eigenvalue weighted by atomic mass is 10.0. The van der Waals surface area contributed by atoms with Crippen molar-refractivity contribution in [1.29, 1.82) is 0 Å². The molecule has 0 unspecified atom stereocenters. The zero-order chi connectivity index (χ0) is 20.2. The summed E-state index contributed by atoms with van der Waals surface area (Å²) in [6.07, 6.45) is 1.46. The minimum absolute atomic E-state index is 0.00593. The van der Waals surface area contributed by atoms with E-state index in [-0.39, 0.29) is 17.9 Å². The van der Waals surface area contributed by atoms with Gasteiger partial charge in [-0.1, -0.05) is 24.3 Å². The van der Waals surface area contributed by atoms with E-state index in [9.17, 15) is 9.59 Å². The number of piperazine rings is 1. The van der Waals surface area contributed by atoms with E-state index in [1.165, 1.54) is 0 Å². The average molecular weight is 394 g/mol. The number of amides is 2. The molecule has 6 heteroatoms. The highest BCUT2D eigenvalue weighted by Gasteiger charge is 2.31. The Morgan fingerprint density at radius 1 is 0.966 bits per heavy atom. The van der Waals surface area contributed by atoms with E-state index in [4.69, 9.17) is 9.47 Å². The Labute approximate surface area is 171 Å². The molecule has 0 N–H and O–H groups in total. The van der Waals surface area contributed by atoms with Gasteiger partial charge in [-0.3, -0.25) is 9.59 Å². The van der Waals surface area contributed by atoms with E-state index >= 15 is 0 Å². The van der Waals surface area contributed by atoms with Crippen LogP contribution in [0.1, 0.15) is 23.2 Å². The molecule has 0 bridgehead atoms. The standard InChI is InChI=1S/C23H26N2O4/c1-28-20-5-2-4-19(16-20)17-7-9-18(10-8-17)22(26)24-11-13-25(14-12-24)23(27)21-6-3-15-29-21/h2,4-5,7-10,16,21H,3,6,11-15H2,1H3/t21-/m0/s1. The van der Waals surface area contributed by atoms with Gasteiger partial charge in [-0.2, -0.15) is 0 Å². The zero-order valence-electron chi connectivity index (χ0n) is 16.7. The molecule has 152 valence electrons. The fourth-order valence-corrected chi connectivity index (χ4v) is 3.90. The van der Waals surface area contributed by atoms with Gasteiger partial charge in [0.05, 0.1) is 7.11 Å². The molecular formula is C23H26N2O4. The van der Waals surface area contributed by atoms with Gasteiger partial charge < -0.3 is 19.3 Å². The minimum Gasteiger partial charge on any atom is -0.497 e. The van der Waals surface area contributed by atoms with Crippen molar-refractivity contribution in [2.75, 3.05) is 39.9 Å². The predicted octanol–water partition coefficient (Wildman–Crippen LogP) is 2.83. The molecule has 2 heterocycles. The van der Waals surface area contributed by atoms with Gasteiger partial charge in [0.2, 0.25) is 0 Å². The predicted molar refractivity (Wildman–Crippen MR) is 110 cm³/mol. The first kappa shape index (κ1) is 19.5. The third-order valence-corrected chi connectivity index (χ3v) is 5.62. The van der Waals surface area contributed by atoms with E-state index in [1.54, 1.807) is 7.11 Å². The van der Waals surface area contributed by atoms with Crippen LogP contribution in [0.3, 0.4) is 0 Å². The number of benzene rings is 2. The van der Waals surface area contributed by atoms with Gasteiger partial charge in [-0.15, -0.1) is 0 Å². The highest BCUT2D eigenvalue weighted by molar-refractivity contribution is 5.95. The lowest BCUT2D eigenvalue weighted by Crippen LogP contribution is -2.52. The van der Waals surface area contributed by atoms with E-state index < -0.39 is 0 Å². The lowest BCUT2D eigenvalue weighted by Gasteiger charge is -2.35. The fourth-order valence-electron chi connectivity index (χ4n) is 3.90. The Kier molecular flexibility index (Phi) is 5.81. The van der Waals surface area contributed by atoms with Gasteiger partial charge in [0, 0.05) is 38.3 Å². The van der Waals surface area contributed by atoms with Crippen LogP contribution in [0.5, 0.6) is 5.75 Å². The molecule has 29 heavy (non-hydrogen) atoms. The highest BCUT2D eigenvalue weighted by Crippen LogP contribution is 2.24. The number of hydrogen-bond acceptors (Lipinski definition) is 4. The molecule has 2 fully saturated rings. The van der Waals surface area contributed by atoms with Crippen LogP contribution in [0.15, 0.2) is 48.5 Å². The van der Waals surface area contributed by atoms with Gasteiger partial charge >= 0.3 is 0 Å². The molecule has 1 atom stereocenters. The number of rotatable bonds is 4. The monoisotopic (exact) mass is 394 g/mol. The van der Waals surface area contributed by atoms with Gasteiger partial charge in [0.15, 0.2) is 0 Å². The molecule has 2 aliphatic heterocycles. The third kappa shape index (κ3) is 4.27. The molecule has 0 saturated carbocycles. The second kappa shape index (κ2) is 8.66. The largest absolute Gasteiger partial charge is 0.497 e. The molecule has 0 spiro atoms. The van der Waals surface area contributed by atoms with Crippen LogP contribution in [0, 0.1) is 0 Å². The summed E-state index contributed by atoms with van der Waals surface area (Å²) in [7, 11) is 1.65. The molecule has 4 rings (SSSR count). The maximum Gasteiger partial charge on any atom is 0.253 e. The Bertz CT molecular complexity index is 867. The highest BCUT2D eigenvalue weighted by atomic mass is 16.5. The molecule has 0 aliphatic carbocycles. The van der Waals surface area contributed by atoms with Crippen LogP contribution in [-0.2, 0) is 9.53 Å². The first-order valence-electron chi connectivity index (χ1n) is 10.1. The average Bonchev–Trinajstić information content (AvgIpc) is 3.33. The maximum absolute atomic E-state index is 12.9. The Balaban J connectivity index is 1.37. The quantitative estimate of drug-likeness (QED) is 0.800. The van der Waals surface area contributed by atoms with Crippen LogP contribution < -0.4 is 4.74 Å². The van der Waals surface area contributed by atoms with Crippen LogP contribution in [0.2, 0.25) is 0 Å².